The van der Waals surface area contributed by atoms with Crippen LogP contribution in [0.25, 0.3) is 0 Å². The maximum Gasteiger partial charge on any atom is 0.270 e. The molecule has 2 rings (SSSR count). The van der Waals surface area contributed by atoms with Crippen molar-refractivity contribution in [2.24, 2.45) is 5.10 Å². The molecule has 0 aromatic heterocycles. The summed E-state index contributed by atoms with van der Waals surface area (Å²) in [6.45, 7) is 2.00. The van der Waals surface area contributed by atoms with Crippen LogP contribution in [-0.2, 0) is 4.79 Å². The van der Waals surface area contributed by atoms with Crippen molar-refractivity contribution in [3.8, 4) is 0 Å². The Bertz CT molecular complexity index is 730. The van der Waals surface area contributed by atoms with Crippen molar-refractivity contribution in [1.29, 1.82) is 0 Å². The highest BCUT2D eigenvalue weighted by molar-refractivity contribution is 8.00. The number of benzene rings is 2. The summed E-state index contributed by atoms with van der Waals surface area (Å²) in [5.74, 6) is 0.00672. The van der Waals surface area contributed by atoms with E-state index in [9.17, 15) is 14.9 Å². The molecule has 0 radical (unpaired) electrons. The predicted molar refractivity (Wildman–Crippen MR) is 90.7 cm³/mol. The van der Waals surface area contributed by atoms with Crippen LogP contribution in [0, 0.1) is 17.0 Å². The average Bonchev–Trinajstić information content (AvgIpc) is 2.54. The molecule has 0 heterocycles. The van der Waals surface area contributed by atoms with Crippen molar-refractivity contribution >= 4 is 29.6 Å². The van der Waals surface area contributed by atoms with Crippen LogP contribution < -0.4 is 5.43 Å². The highest BCUT2D eigenvalue weighted by atomic mass is 32.2. The highest BCUT2D eigenvalue weighted by Gasteiger charge is 2.04. The quantitative estimate of drug-likeness (QED) is 0.382. The first kappa shape index (κ1) is 16.7. The third kappa shape index (κ3) is 5.55. The topological polar surface area (TPSA) is 84.6 Å². The van der Waals surface area contributed by atoms with Crippen LogP contribution in [-0.4, -0.2) is 22.8 Å². The number of nitro groups is 1. The first-order valence-electron chi connectivity index (χ1n) is 6.80. The molecule has 2 aromatic rings. The summed E-state index contributed by atoms with van der Waals surface area (Å²) in [6, 6.07) is 13.9. The monoisotopic (exact) mass is 329 g/mol. The lowest BCUT2D eigenvalue weighted by Gasteiger charge is -2.01. The van der Waals surface area contributed by atoms with E-state index in [0.29, 0.717) is 5.56 Å². The number of non-ortho nitro benzene ring substituents is 1. The Balaban J connectivity index is 1.83. The van der Waals surface area contributed by atoms with Crippen LogP contribution in [0.1, 0.15) is 11.1 Å². The second-order valence-electron chi connectivity index (χ2n) is 4.75. The normalized spacial score (nSPS) is 10.7. The van der Waals surface area contributed by atoms with E-state index in [4.69, 9.17) is 0 Å². The van der Waals surface area contributed by atoms with Gasteiger partial charge in [-0.2, -0.15) is 5.10 Å². The number of rotatable bonds is 6. The number of aryl methyl sites for hydroxylation is 1. The Morgan fingerprint density at radius 3 is 2.74 bits per heavy atom. The Kier molecular flexibility index (Phi) is 5.87. The van der Waals surface area contributed by atoms with E-state index in [2.05, 4.69) is 10.5 Å². The second-order valence-corrected chi connectivity index (χ2v) is 5.80. The van der Waals surface area contributed by atoms with Gasteiger partial charge >= 0.3 is 0 Å². The molecule has 1 amide bonds. The minimum absolute atomic E-state index is 0.0183. The number of nitrogens with one attached hydrogen (secondary N) is 1. The number of hydrogen-bond acceptors (Lipinski definition) is 5. The summed E-state index contributed by atoms with van der Waals surface area (Å²) in [5, 5.41) is 14.5. The van der Waals surface area contributed by atoms with Crippen LogP contribution in [0.5, 0.6) is 0 Å². The Morgan fingerprint density at radius 1 is 1.30 bits per heavy atom. The minimum atomic E-state index is -0.478. The van der Waals surface area contributed by atoms with Crippen molar-refractivity contribution < 1.29 is 9.72 Å². The van der Waals surface area contributed by atoms with Gasteiger partial charge in [0.2, 0.25) is 5.91 Å². The van der Waals surface area contributed by atoms with Gasteiger partial charge in [-0.05, 0) is 19.1 Å². The van der Waals surface area contributed by atoms with E-state index in [1.807, 2.05) is 31.2 Å². The van der Waals surface area contributed by atoms with Crippen molar-refractivity contribution in [3.63, 3.8) is 0 Å². The predicted octanol–water partition coefficient (Wildman–Crippen LogP) is 3.15. The van der Waals surface area contributed by atoms with E-state index in [1.165, 1.54) is 35.7 Å². The molecule has 7 heteroatoms. The summed E-state index contributed by atoms with van der Waals surface area (Å²) in [4.78, 5) is 22.9. The van der Waals surface area contributed by atoms with Crippen molar-refractivity contribution in [1.82, 2.24) is 5.43 Å². The molecular weight excluding hydrogens is 314 g/mol. The van der Waals surface area contributed by atoms with Crippen LogP contribution in [0.4, 0.5) is 5.69 Å². The zero-order valence-corrected chi connectivity index (χ0v) is 13.2. The zero-order valence-electron chi connectivity index (χ0n) is 12.4. The maximum absolute atomic E-state index is 11.7. The molecule has 0 spiro atoms. The van der Waals surface area contributed by atoms with E-state index < -0.39 is 4.92 Å². The Morgan fingerprint density at radius 2 is 2.04 bits per heavy atom. The Hall–Kier alpha value is -2.67. The molecule has 0 atom stereocenters. The molecule has 0 fully saturated rings. The lowest BCUT2D eigenvalue weighted by atomic mass is 10.2. The molecular formula is C16H15N3O3S. The highest BCUT2D eigenvalue weighted by Crippen LogP contribution is 2.17. The van der Waals surface area contributed by atoms with Gasteiger partial charge in [0.15, 0.2) is 0 Å². The average molecular weight is 329 g/mol. The van der Waals surface area contributed by atoms with Crippen LogP contribution in [0.3, 0.4) is 0 Å². The van der Waals surface area contributed by atoms with Crippen LogP contribution in [0.15, 0.2) is 58.5 Å². The standard InChI is InChI=1S/C16H15N3O3S/c1-12-5-7-15(8-6-12)23-11-16(20)18-17-10-13-3-2-4-14(9-13)19(21)22/h2-10H,11H2,1H3,(H,18,20)/b17-10+. The SMILES string of the molecule is Cc1ccc(SCC(=O)N/N=C/c2cccc([N+](=O)[O-])c2)cc1. The van der Waals surface area contributed by atoms with Gasteiger partial charge in [-0.3, -0.25) is 14.9 Å². The van der Waals surface area contributed by atoms with Gasteiger partial charge in [-0.15, -0.1) is 11.8 Å². The van der Waals surface area contributed by atoms with E-state index in [0.717, 1.165) is 4.90 Å². The smallest absolute Gasteiger partial charge is 0.270 e. The number of hydrazone groups is 1. The first-order valence-corrected chi connectivity index (χ1v) is 7.79. The van der Waals surface area contributed by atoms with Gasteiger partial charge in [0.05, 0.1) is 16.9 Å². The summed E-state index contributed by atoms with van der Waals surface area (Å²) in [5.41, 5.74) is 4.10. The molecule has 0 aliphatic rings. The third-order valence-electron chi connectivity index (χ3n) is 2.87. The van der Waals surface area contributed by atoms with Crippen LogP contribution in [0.2, 0.25) is 0 Å². The van der Waals surface area contributed by atoms with Gasteiger partial charge in [0, 0.05) is 22.6 Å². The zero-order chi connectivity index (χ0) is 16.7. The molecule has 2 aromatic carbocycles. The fourth-order valence-electron chi connectivity index (χ4n) is 1.71. The molecule has 0 saturated heterocycles. The molecule has 0 aliphatic heterocycles. The molecule has 6 nitrogen and oxygen atoms in total. The lowest BCUT2D eigenvalue weighted by Crippen LogP contribution is -2.19. The minimum Gasteiger partial charge on any atom is -0.272 e. The number of thioether (sulfide) groups is 1. The van der Waals surface area contributed by atoms with E-state index >= 15 is 0 Å². The molecule has 0 unspecified atom stereocenters. The molecule has 0 bridgehead atoms. The summed E-state index contributed by atoms with van der Waals surface area (Å²) >= 11 is 1.41. The molecule has 118 valence electrons. The Labute approximate surface area is 137 Å². The van der Waals surface area contributed by atoms with Crippen molar-refractivity contribution in [3.05, 3.63) is 69.8 Å². The summed E-state index contributed by atoms with van der Waals surface area (Å²) in [6.07, 6.45) is 1.38. The van der Waals surface area contributed by atoms with Gasteiger partial charge in [0.25, 0.3) is 5.69 Å². The first-order chi connectivity index (χ1) is 11.0. The number of carbonyl (C=O) groups excluding carboxylic acids is 1. The number of nitrogens with zero attached hydrogens (tertiary/aromatic N) is 2. The van der Waals surface area contributed by atoms with E-state index in [1.54, 1.807) is 12.1 Å². The largest absolute Gasteiger partial charge is 0.272 e. The molecule has 0 saturated carbocycles. The van der Waals surface area contributed by atoms with Crippen molar-refractivity contribution in [2.45, 2.75) is 11.8 Å². The fourth-order valence-corrected chi connectivity index (χ4v) is 2.40. The molecule has 1 N–H and O–H groups in total. The van der Waals surface area contributed by atoms with Gasteiger partial charge in [-0.25, -0.2) is 5.43 Å². The number of hydrogen-bond donors (Lipinski definition) is 1. The van der Waals surface area contributed by atoms with Gasteiger partial charge < -0.3 is 0 Å². The number of amides is 1. The lowest BCUT2D eigenvalue weighted by molar-refractivity contribution is -0.384. The molecule has 0 aliphatic carbocycles. The summed E-state index contributed by atoms with van der Waals surface area (Å²) in [7, 11) is 0. The van der Waals surface area contributed by atoms with Gasteiger partial charge in [-0.1, -0.05) is 29.8 Å². The fraction of sp³-hybridized carbons (Fsp3) is 0.125. The third-order valence-corrected chi connectivity index (χ3v) is 3.89. The van der Waals surface area contributed by atoms with Gasteiger partial charge in [0.1, 0.15) is 0 Å². The second kappa shape index (κ2) is 8.09. The molecule has 23 heavy (non-hydrogen) atoms. The summed E-state index contributed by atoms with van der Waals surface area (Å²) < 4.78 is 0. The van der Waals surface area contributed by atoms with Crippen LogP contribution >= 0.6 is 11.8 Å². The van der Waals surface area contributed by atoms with E-state index in [-0.39, 0.29) is 17.3 Å². The number of carbonyl (C=O) groups is 1. The van der Waals surface area contributed by atoms with Crippen molar-refractivity contribution in [2.75, 3.05) is 5.75 Å². The number of nitro benzene ring substituents is 1. The maximum atomic E-state index is 11.7.